The Morgan fingerprint density at radius 2 is 1.36 bits per heavy atom. The van der Waals surface area contributed by atoms with Crippen molar-refractivity contribution < 1.29 is 4.74 Å². The lowest BCUT2D eigenvalue weighted by Gasteiger charge is -2.28. The van der Waals surface area contributed by atoms with E-state index in [1.807, 2.05) is 6.92 Å². The number of ether oxygens (including phenoxy) is 1. The Bertz CT molecular complexity index is 907. The van der Waals surface area contributed by atoms with E-state index in [9.17, 15) is 0 Å². The van der Waals surface area contributed by atoms with Crippen molar-refractivity contribution in [3.63, 3.8) is 0 Å². The summed E-state index contributed by atoms with van der Waals surface area (Å²) in [6.45, 7) is 13.0. The van der Waals surface area contributed by atoms with E-state index in [2.05, 4.69) is 100 Å². The summed E-state index contributed by atoms with van der Waals surface area (Å²) in [6.07, 6.45) is 0. The highest BCUT2D eigenvalue weighted by molar-refractivity contribution is 5.71. The fraction of sp³-hybridized carbons (Fsp3) is 0.259. The molecule has 0 aliphatic heterocycles. The van der Waals surface area contributed by atoms with E-state index in [1.54, 1.807) is 7.11 Å². The molecule has 144 valence electrons. The summed E-state index contributed by atoms with van der Waals surface area (Å²) < 4.78 is 5.97. The van der Waals surface area contributed by atoms with Crippen molar-refractivity contribution in [3.8, 4) is 5.75 Å². The van der Waals surface area contributed by atoms with Gasteiger partial charge in [0.1, 0.15) is 5.75 Å². The number of allylic oxidation sites excluding steroid dienone is 1. The van der Waals surface area contributed by atoms with E-state index in [4.69, 9.17) is 4.74 Å². The summed E-state index contributed by atoms with van der Waals surface area (Å²) in [5.74, 6) is 1.01. The maximum absolute atomic E-state index is 5.97. The second-order valence-electron chi connectivity index (χ2n) is 8.43. The lowest BCUT2D eigenvalue weighted by molar-refractivity contribution is 0.407. The van der Waals surface area contributed by atoms with Crippen LogP contribution in [0.5, 0.6) is 5.75 Å². The number of rotatable bonds is 5. The molecule has 0 N–H and O–H groups in total. The molecule has 0 aromatic heterocycles. The van der Waals surface area contributed by atoms with Crippen LogP contribution in [-0.2, 0) is 5.41 Å². The van der Waals surface area contributed by atoms with Gasteiger partial charge in [0, 0.05) is 17.0 Å². The zero-order chi connectivity index (χ0) is 20.3. The molecule has 0 heterocycles. The zero-order valence-corrected chi connectivity index (χ0v) is 17.6. The number of methoxy groups -OCH3 is 1. The summed E-state index contributed by atoms with van der Waals surface area (Å²) in [5, 5.41) is 0. The minimum atomic E-state index is 0.0309. The smallest absolute Gasteiger partial charge is 0.130 e. The molecular weight excluding hydrogens is 340 g/mol. The van der Waals surface area contributed by atoms with Crippen LogP contribution in [-0.4, -0.2) is 7.11 Å². The molecule has 1 nitrogen and oxygen atoms in total. The van der Waals surface area contributed by atoms with Gasteiger partial charge in [0.2, 0.25) is 0 Å². The number of hydrogen-bond acceptors (Lipinski definition) is 1. The predicted octanol–water partition coefficient (Wildman–Crippen LogP) is 7.21. The largest absolute Gasteiger partial charge is 0.496 e. The quantitative estimate of drug-likeness (QED) is 0.431. The highest BCUT2D eigenvalue weighted by Gasteiger charge is 2.26. The first-order valence-electron chi connectivity index (χ1n) is 9.81. The van der Waals surface area contributed by atoms with Gasteiger partial charge in [-0.1, -0.05) is 94.1 Å². The average Bonchev–Trinajstić information content (AvgIpc) is 2.68. The molecule has 0 unspecified atom stereocenters. The standard InChI is InChI=1S/C27H30O/c1-19(2)23-17-22(27(3,4)5)18-24(26(23)28-6)25(20-13-9-7-10-14-20)21-15-11-8-12-16-21/h7-18,25H,1H2,2-6H3. The van der Waals surface area contributed by atoms with Crippen molar-refractivity contribution in [2.75, 3.05) is 7.11 Å². The van der Waals surface area contributed by atoms with Gasteiger partial charge in [-0.05, 0) is 40.7 Å². The first kappa shape index (κ1) is 19.9. The minimum Gasteiger partial charge on any atom is -0.496 e. The van der Waals surface area contributed by atoms with Crippen LogP contribution in [0.1, 0.15) is 61.4 Å². The molecule has 0 atom stereocenters. The summed E-state index contributed by atoms with van der Waals surface area (Å²) in [5.41, 5.74) is 7.12. The van der Waals surface area contributed by atoms with Crippen molar-refractivity contribution in [1.82, 2.24) is 0 Å². The Morgan fingerprint density at radius 3 is 1.75 bits per heavy atom. The molecule has 3 rings (SSSR count). The molecule has 3 aromatic carbocycles. The fourth-order valence-electron chi connectivity index (χ4n) is 3.69. The van der Waals surface area contributed by atoms with Gasteiger partial charge in [0.15, 0.2) is 0 Å². The second kappa shape index (κ2) is 8.06. The topological polar surface area (TPSA) is 9.23 Å². The van der Waals surface area contributed by atoms with Crippen LogP contribution in [0.3, 0.4) is 0 Å². The molecule has 0 saturated carbocycles. The highest BCUT2D eigenvalue weighted by Crippen LogP contribution is 2.43. The van der Waals surface area contributed by atoms with Crippen molar-refractivity contribution in [2.45, 2.75) is 39.0 Å². The molecule has 1 heteroatoms. The van der Waals surface area contributed by atoms with Crippen LogP contribution in [0.15, 0.2) is 79.4 Å². The van der Waals surface area contributed by atoms with E-state index in [1.165, 1.54) is 22.3 Å². The molecule has 0 fully saturated rings. The van der Waals surface area contributed by atoms with Gasteiger partial charge in [-0.3, -0.25) is 0 Å². The molecule has 3 aromatic rings. The second-order valence-corrected chi connectivity index (χ2v) is 8.43. The fourth-order valence-corrected chi connectivity index (χ4v) is 3.69. The van der Waals surface area contributed by atoms with Gasteiger partial charge in [-0.15, -0.1) is 0 Å². The third kappa shape index (κ3) is 4.04. The maximum Gasteiger partial charge on any atom is 0.130 e. The van der Waals surface area contributed by atoms with Crippen LogP contribution in [0.2, 0.25) is 0 Å². The molecule has 0 aliphatic carbocycles. The number of benzene rings is 3. The third-order valence-electron chi connectivity index (χ3n) is 5.22. The zero-order valence-electron chi connectivity index (χ0n) is 17.6. The lowest BCUT2D eigenvalue weighted by atomic mass is 9.78. The van der Waals surface area contributed by atoms with Crippen LogP contribution in [0, 0.1) is 0 Å². The van der Waals surface area contributed by atoms with E-state index in [0.29, 0.717) is 0 Å². The van der Waals surface area contributed by atoms with E-state index in [0.717, 1.165) is 16.9 Å². The monoisotopic (exact) mass is 370 g/mol. The van der Waals surface area contributed by atoms with Gasteiger partial charge in [-0.25, -0.2) is 0 Å². The first-order chi connectivity index (χ1) is 13.3. The normalized spacial score (nSPS) is 11.5. The van der Waals surface area contributed by atoms with Crippen LogP contribution < -0.4 is 4.74 Å². The average molecular weight is 371 g/mol. The summed E-state index contributed by atoms with van der Waals surface area (Å²) in [7, 11) is 1.76. The van der Waals surface area contributed by atoms with Crippen LogP contribution in [0.4, 0.5) is 0 Å². The van der Waals surface area contributed by atoms with Gasteiger partial charge >= 0.3 is 0 Å². The Labute approximate surface area is 169 Å². The molecule has 0 radical (unpaired) electrons. The maximum atomic E-state index is 5.97. The summed E-state index contributed by atoms with van der Waals surface area (Å²) in [4.78, 5) is 0. The molecule has 0 aliphatic rings. The Kier molecular flexibility index (Phi) is 5.74. The van der Waals surface area contributed by atoms with Gasteiger partial charge in [-0.2, -0.15) is 0 Å². The lowest BCUT2D eigenvalue weighted by Crippen LogP contribution is -2.15. The van der Waals surface area contributed by atoms with Crippen molar-refractivity contribution in [1.29, 1.82) is 0 Å². The molecule has 0 spiro atoms. The summed E-state index contributed by atoms with van der Waals surface area (Å²) in [6, 6.07) is 25.9. The SMILES string of the molecule is C=C(C)c1cc(C(C)(C)C)cc(C(c2ccccc2)c2ccccc2)c1OC. The third-order valence-corrected chi connectivity index (χ3v) is 5.22. The molecule has 28 heavy (non-hydrogen) atoms. The van der Waals surface area contributed by atoms with Crippen LogP contribution >= 0.6 is 0 Å². The van der Waals surface area contributed by atoms with Crippen molar-refractivity contribution >= 4 is 5.57 Å². The minimum absolute atomic E-state index is 0.0309. The molecular formula is C27H30O. The Morgan fingerprint density at radius 1 is 0.857 bits per heavy atom. The molecule has 0 saturated heterocycles. The highest BCUT2D eigenvalue weighted by atomic mass is 16.5. The van der Waals surface area contributed by atoms with Crippen LogP contribution in [0.25, 0.3) is 5.57 Å². The Balaban J connectivity index is 2.36. The Hall–Kier alpha value is -2.80. The molecule has 0 bridgehead atoms. The summed E-state index contributed by atoms with van der Waals surface area (Å²) >= 11 is 0. The van der Waals surface area contributed by atoms with Crippen molar-refractivity contribution in [2.24, 2.45) is 0 Å². The van der Waals surface area contributed by atoms with Gasteiger partial charge in [0.05, 0.1) is 7.11 Å². The van der Waals surface area contributed by atoms with Crippen molar-refractivity contribution in [3.05, 3.63) is 107 Å². The number of hydrogen-bond donors (Lipinski definition) is 0. The van der Waals surface area contributed by atoms with Gasteiger partial charge < -0.3 is 4.74 Å². The first-order valence-corrected chi connectivity index (χ1v) is 9.81. The van der Waals surface area contributed by atoms with E-state index < -0.39 is 0 Å². The van der Waals surface area contributed by atoms with E-state index >= 15 is 0 Å². The molecule has 0 amide bonds. The predicted molar refractivity (Wildman–Crippen MR) is 120 cm³/mol. The van der Waals surface area contributed by atoms with E-state index in [-0.39, 0.29) is 11.3 Å². The van der Waals surface area contributed by atoms with Gasteiger partial charge in [0.25, 0.3) is 0 Å².